The van der Waals surface area contributed by atoms with Crippen LogP contribution in [-0.4, -0.2) is 68.1 Å². The molecule has 12 heteroatoms. The number of aromatic nitrogens is 4. The van der Waals surface area contributed by atoms with Gasteiger partial charge in [0.1, 0.15) is 5.02 Å². The van der Waals surface area contributed by atoms with Gasteiger partial charge in [0, 0.05) is 25.3 Å². The molecule has 2 aromatic heterocycles. The number of halogens is 1. The maximum Gasteiger partial charge on any atom is 0.229 e. The molecular weight excluding hydrogens is 478 g/mol. The van der Waals surface area contributed by atoms with Crippen molar-refractivity contribution in [2.75, 3.05) is 29.5 Å². The van der Waals surface area contributed by atoms with Gasteiger partial charge in [-0.1, -0.05) is 11.6 Å². The van der Waals surface area contributed by atoms with Gasteiger partial charge >= 0.3 is 0 Å². The Hall–Kier alpha value is -1.95. The van der Waals surface area contributed by atoms with Crippen LogP contribution >= 0.6 is 11.6 Å². The van der Waals surface area contributed by atoms with Gasteiger partial charge in [0.25, 0.3) is 0 Å². The van der Waals surface area contributed by atoms with Gasteiger partial charge in [-0.3, -0.25) is 4.68 Å². The number of fused-ring (bicyclic) bond motifs is 1. The van der Waals surface area contributed by atoms with E-state index in [1.54, 1.807) is 41.4 Å². The van der Waals surface area contributed by atoms with Gasteiger partial charge in [0.15, 0.2) is 5.82 Å². The van der Waals surface area contributed by atoms with Crippen LogP contribution in [-0.2, 0) is 16.6 Å². The second-order valence-corrected chi connectivity index (χ2v) is 13.0. The van der Waals surface area contributed by atoms with Gasteiger partial charge in [-0.25, -0.2) is 17.7 Å². The van der Waals surface area contributed by atoms with Crippen molar-refractivity contribution in [3.05, 3.63) is 23.6 Å². The van der Waals surface area contributed by atoms with E-state index in [0.717, 1.165) is 25.7 Å². The number of hydrogen-bond acceptors (Lipinski definition) is 8. The lowest BCUT2D eigenvalue weighted by atomic mass is 10.0. The molecule has 3 fully saturated rings. The largest absolute Gasteiger partial charge is 0.389 e. The Bertz CT molecular complexity index is 1130. The Morgan fingerprint density at radius 3 is 2.56 bits per heavy atom. The fourth-order valence-corrected chi connectivity index (χ4v) is 7.17. The number of rotatable bonds is 9. The predicted octanol–water partition coefficient (Wildman–Crippen LogP) is 2.70. The van der Waals surface area contributed by atoms with E-state index in [1.807, 2.05) is 0 Å². The lowest BCUT2D eigenvalue weighted by molar-refractivity contribution is 0.0578. The van der Waals surface area contributed by atoms with Crippen LogP contribution in [0.5, 0.6) is 0 Å². The number of aliphatic hydroxyl groups is 1. The molecule has 2 saturated carbocycles. The molecule has 5 rings (SSSR count). The first-order valence-corrected chi connectivity index (χ1v) is 13.8. The third-order valence-corrected chi connectivity index (χ3v) is 9.03. The molecule has 0 aromatic carbocycles. The average Bonchev–Trinajstić information content (AvgIpc) is 3.10. The molecule has 2 aromatic rings. The van der Waals surface area contributed by atoms with Crippen LogP contribution in [0.3, 0.4) is 0 Å². The number of sulfonamides is 1. The lowest BCUT2D eigenvalue weighted by Crippen LogP contribution is -2.33. The minimum Gasteiger partial charge on any atom is -0.389 e. The van der Waals surface area contributed by atoms with E-state index in [1.165, 1.54) is 0 Å². The summed E-state index contributed by atoms with van der Waals surface area (Å²) in [7, 11) is -3.12. The molecule has 0 amide bonds. The average molecular weight is 510 g/mol. The van der Waals surface area contributed by atoms with E-state index in [-0.39, 0.29) is 6.04 Å². The third-order valence-electron chi connectivity index (χ3n) is 6.78. The first-order chi connectivity index (χ1) is 16.0. The van der Waals surface area contributed by atoms with Crippen molar-refractivity contribution in [1.82, 2.24) is 24.1 Å². The summed E-state index contributed by atoms with van der Waals surface area (Å²) in [6, 6.07) is 0.193. The molecule has 186 valence electrons. The molecule has 2 aliphatic carbocycles. The molecule has 1 saturated heterocycles. The second-order valence-electron chi connectivity index (χ2n) is 10.6. The molecule has 0 spiro atoms. The second kappa shape index (κ2) is 8.92. The Labute approximate surface area is 205 Å². The summed E-state index contributed by atoms with van der Waals surface area (Å²) < 4.78 is 28.7. The SMILES string of the molecule is CC(C)(O)Cn1cc(Nc2ncc(Cl)c(NC3CC4CN(S(=O)(=O)CC5CC5)CC4C3)n2)cn1. The highest BCUT2D eigenvalue weighted by Crippen LogP contribution is 2.41. The van der Waals surface area contributed by atoms with Gasteiger partial charge in [-0.15, -0.1) is 0 Å². The van der Waals surface area contributed by atoms with E-state index in [0.29, 0.717) is 65.6 Å². The van der Waals surface area contributed by atoms with Crippen LogP contribution in [0, 0.1) is 17.8 Å². The van der Waals surface area contributed by atoms with Gasteiger partial charge in [-0.05, 0) is 57.3 Å². The van der Waals surface area contributed by atoms with Gasteiger partial charge < -0.3 is 15.7 Å². The molecule has 3 aliphatic rings. The standard InChI is InChI=1S/C22H32ClN7O3S/c1-22(2,31)13-29-11-18(7-25-29)27-21-24-8-19(23)20(28-21)26-17-5-15-9-30(10-16(15)6-17)34(32,33)12-14-3-4-14/h7-8,11,14-17,31H,3-6,9-10,12-13H2,1-2H3,(H2,24,26,27,28). The lowest BCUT2D eigenvalue weighted by Gasteiger charge is -2.20. The monoisotopic (exact) mass is 509 g/mol. The van der Waals surface area contributed by atoms with E-state index >= 15 is 0 Å². The molecule has 34 heavy (non-hydrogen) atoms. The Balaban J connectivity index is 1.18. The zero-order valence-electron chi connectivity index (χ0n) is 19.5. The molecular formula is C22H32ClN7O3S. The van der Waals surface area contributed by atoms with Crippen molar-refractivity contribution in [2.24, 2.45) is 17.8 Å². The van der Waals surface area contributed by atoms with Crippen molar-refractivity contribution in [3.8, 4) is 0 Å². The molecule has 1 aliphatic heterocycles. The van der Waals surface area contributed by atoms with E-state index in [2.05, 4.69) is 25.7 Å². The van der Waals surface area contributed by atoms with Gasteiger partial charge in [-0.2, -0.15) is 10.1 Å². The third kappa shape index (κ3) is 5.64. The van der Waals surface area contributed by atoms with Crippen LogP contribution in [0.1, 0.15) is 39.5 Å². The minimum absolute atomic E-state index is 0.193. The summed E-state index contributed by atoms with van der Waals surface area (Å²) in [5, 5.41) is 21.2. The molecule has 0 bridgehead atoms. The quantitative estimate of drug-likeness (QED) is 0.471. The zero-order valence-corrected chi connectivity index (χ0v) is 21.1. The van der Waals surface area contributed by atoms with Crippen molar-refractivity contribution in [1.29, 1.82) is 0 Å². The van der Waals surface area contributed by atoms with Crippen molar-refractivity contribution in [3.63, 3.8) is 0 Å². The van der Waals surface area contributed by atoms with Crippen LogP contribution in [0.2, 0.25) is 5.02 Å². The Morgan fingerprint density at radius 1 is 1.21 bits per heavy atom. The summed E-state index contributed by atoms with van der Waals surface area (Å²) in [4.78, 5) is 8.81. The highest BCUT2D eigenvalue weighted by atomic mass is 35.5. The fraction of sp³-hybridized carbons (Fsp3) is 0.682. The van der Waals surface area contributed by atoms with E-state index < -0.39 is 15.6 Å². The van der Waals surface area contributed by atoms with Crippen LogP contribution < -0.4 is 10.6 Å². The topological polar surface area (TPSA) is 125 Å². The van der Waals surface area contributed by atoms with E-state index in [9.17, 15) is 13.5 Å². The highest BCUT2D eigenvalue weighted by Gasteiger charge is 2.45. The zero-order chi connectivity index (χ0) is 24.1. The van der Waals surface area contributed by atoms with Crippen molar-refractivity contribution in [2.45, 2.75) is 57.7 Å². The maximum absolute atomic E-state index is 12.6. The minimum atomic E-state index is -3.12. The molecule has 10 nitrogen and oxygen atoms in total. The van der Waals surface area contributed by atoms with Crippen molar-refractivity contribution < 1.29 is 13.5 Å². The number of anilines is 3. The number of nitrogens with one attached hydrogen (secondary N) is 2. The maximum atomic E-state index is 12.6. The summed E-state index contributed by atoms with van der Waals surface area (Å²) in [6.45, 7) is 5.06. The van der Waals surface area contributed by atoms with Crippen LogP contribution in [0.4, 0.5) is 17.5 Å². The predicted molar refractivity (Wildman–Crippen MR) is 131 cm³/mol. The Morgan fingerprint density at radius 2 is 1.91 bits per heavy atom. The summed E-state index contributed by atoms with van der Waals surface area (Å²) >= 11 is 6.37. The summed E-state index contributed by atoms with van der Waals surface area (Å²) in [5.41, 5.74) is -0.157. The summed E-state index contributed by atoms with van der Waals surface area (Å²) in [5.74, 6) is 2.38. The molecule has 2 unspecified atom stereocenters. The molecule has 3 heterocycles. The number of nitrogens with zero attached hydrogens (tertiary/aromatic N) is 5. The normalized spacial score (nSPS) is 25.5. The van der Waals surface area contributed by atoms with Crippen molar-refractivity contribution >= 4 is 39.1 Å². The Kier molecular flexibility index (Phi) is 6.24. The molecule has 3 N–H and O–H groups in total. The van der Waals surface area contributed by atoms with Gasteiger partial charge in [0.05, 0.1) is 36.0 Å². The summed E-state index contributed by atoms with van der Waals surface area (Å²) in [6.07, 6.45) is 8.88. The number of hydrogen-bond donors (Lipinski definition) is 3. The van der Waals surface area contributed by atoms with E-state index in [4.69, 9.17) is 11.6 Å². The first-order valence-electron chi connectivity index (χ1n) is 11.8. The van der Waals surface area contributed by atoms with Crippen LogP contribution in [0.25, 0.3) is 0 Å². The fourth-order valence-electron chi connectivity index (χ4n) is 5.05. The molecule has 0 radical (unpaired) electrons. The molecule has 2 atom stereocenters. The highest BCUT2D eigenvalue weighted by molar-refractivity contribution is 7.89. The smallest absolute Gasteiger partial charge is 0.229 e. The van der Waals surface area contributed by atoms with Gasteiger partial charge in [0.2, 0.25) is 16.0 Å². The van der Waals surface area contributed by atoms with Crippen LogP contribution in [0.15, 0.2) is 18.6 Å². The first kappa shape index (κ1) is 23.8.